The topological polar surface area (TPSA) is 177 Å². The van der Waals surface area contributed by atoms with E-state index < -0.39 is 23.9 Å². The zero-order chi connectivity index (χ0) is 50.5. The van der Waals surface area contributed by atoms with Crippen LogP contribution in [0.2, 0.25) is 0 Å². The van der Waals surface area contributed by atoms with Crippen LogP contribution in [-0.2, 0) is 28.5 Å². The standard InChI is InChI=1S/C57H58N2O13/c1-4-52(60)69-30-12-8-6-10-28-66-41-18-14-39(15-19-41)56(62)71-44-22-25-46-47-26-23-45(72-57(63)40-16-20-42(21-17-40)67-29-11-7-9-13-31-70-53(61)5-2)37-49(47)55-54(48(46)36-44)58-50-27-24-43(38-51(50)59-55)68-35-34-65-33-32-64-3/h4-5,14-27,36-38H,1-2,6-13,28-35H2,3H3. The fourth-order valence-corrected chi connectivity index (χ4v) is 7.66. The Hall–Kier alpha value is -7.88. The molecule has 0 aliphatic carbocycles. The minimum Gasteiger partial charge on any atom is -0.494 e. The van der Waals surface area contributed by atoms with Crippen LogP contribution in [0.4, 0.5) is 0 Å². The molecule has 15 nitrogen and oxygen atoms in total. The molecule has 0 fully saturated rings. The van der Waals surface area contributed by atoms with E-state index in [4.69, 9.17) is 52.6 Å². The van der Waals surface area contributed by atoms with Crippen LogP contribution in [0.25, 0.3) is 43.6 Å². The lowest BCUT2D eigenvalue weighted by molar-refractivity contribution is -0.138. The molecule has 72 heavy (non-hydrogen) atoms. The third-order valence-electron chi connectivity index (χ3n) is 11.4. The third-order valence-corrected chi connectivity index (χ3v) is 11.4. The van der Waals surface area contributed by atoms with Gasteiger partial charge in [0.25, 0.3) is 0 Å². The van der Waals surface area contributed by atoms with E-state index in [2.05, 4.69) is 13.2 Å². The Bertz CT molecular complexity index is 2990. The summed E-state index contributed by atoms with van der Waals surface area (Å²) in [6, 6.07) is 29.8. The van der Waals surface area contributed by atoms with Gasteiger partial charge in [-0.2, -0.15) is 0 Å². The van der Waals surface area contributed by atoms with Crippen LogP contribution < -0.4 is 23.7 Å². The van der Waals surface area contributed by atoms with Crippen LogP contribution in [-0.4, -0.2) is 93.8 Å². The molecule has 1 aromatic heterocycles. The van der Waals surface area contributed by atoms with Crippen molar-refractivity contribution in [1.82, 2.24) is 9.97 Å². The number of hydrogen-bond donors (Lipinski definition) is 0. The number of carbonyl (C=O) groups is 4. The number of esters is 4. The van der Waals surface area contributed by atoms with Gasteiger partial charge in [-0.3, -0.25) is 0 Å². The van der Waals surface area contributed by atoms with Crippen LogP contribution in [0.1, 0.15) is 72.1 Å². The maximum atomic E-state index is 13.5. The van der Waals surface area contributed by atoms with Gasteiger partial charge in [0.05, 0.1) is 79.4 Å². The van der Waals surface area contributed by atoms with Crippen molar-refractivity contribution >= 4 is 67.5 Å². The van der Waals surface area contributed by atoms with E-state index in [9.17, 15) is 19.2 Å². The van der Waals surface area contributed by atoms with Crippen molar-refractivity contribution in [1.29, 1.82) is 0 Å². The van der Waals surface area contributed by atoms with Crippen LogP contribution in [0.15, 0.2) is 128 Å². The van der Waals surface area contributed by atoms with E-state index in [1.807, 2.05) is 30.3 Å². The van der Waals surface area contributed by atoms with Gasteiger partial charge in [0, 0.05) is 36.1 Å². The molecule has 0 unspecified atom stereocenters. The first-order valence-corrected chi connectivity index (χ1v) is 24.0. The smallest absolute Gasteiger partial charge is 0.343 e. The summed E-state index contributed by atoms with van der Waals surface area (Å²) in [6.07, 6.45) is 9.17. The Morgan fingerprint density at radius 2 is 0.861 bits per heavy atom. The maximum absolute atomic E-state index is 13.5. The van der Waals surface area contributed by atoms with Gasteiger partial charge >= 0.3 is 23.9 Å². The van der Waals surface area contributed by atoms with Crippen molar-refractivity contribution in [3.05, 3.63) is 140 Å². The number of nitrogens with zero attached hydrogens (tertiary/aromatic N) is 2. The number of rotatable bonds is 29. The molecule has 7 rings (SSSR count). The summed E-state index contributed by atoms with van der Waals surface area (Å²) >= 11 is 0. The molecule has 15 heteroatoms. The highest BCUT2D eigenvalue weighted by Crippen LogP contribution is 2.38. The lowest BCUT2D eigenvalue weighted by atomic mass is 9.98. The first-order chi connectivity index (χ1) is 35.2. The van der Waals surface area contributed by atoms with Gasteiger partial charge in [-0.25, -0.2) is 29.1 Å². The summed E-state index contributed by atoms with van der Waals surface area (Å²) < 4.78 is 50.2. The van der Waals surface area contributed by atoms with Crippen molar-refractivity contribution in [2.45, 2.75) is 51.4 Å². The molecular weight excluding hydrogens is 921 g/mol. The van der Waals surface area contributed by atoms with Crippen molar-refractivity contribution in [3.63, 3.8) is 0 Å². The molecule has 0 N–H and O–H groups in total. The number of fused-ring (bicyclic) bond motifs is 7. The molecule has 6 aromatic carbocycles. The Labute approximate surface area is 417 Å². The average Bonchev–Trinajstić information content (AvgIpc) is 3.40. The van der Waals surface area contributed by atoms with Crippen LogP contribution >= 0.6 is 0 Å². The molecule has 0 radical (unpaired) electrons. The summed E-state index contributed by atoms with van der Waals surface area (Å²) in [7, 11) is 1.62. The molecule has 0 saturated heterocycles. The highest BCUT2D eigenvalue weighted by molar-refractivity contribution is 6.24. The lowest BCUT2D eigenvalue weighted by Crippen LogP contribution is -2.10. The molecule has 374 valence electrons. The zero-order valence-corrected chi connectivity index (χ0v) is 40.4. The minimum absolute atomic E-state index is 0.308. The van der Waals surface area contributed by atoms with E-state index in [0.717, 1.165) is 74.3 Å². The molecule has 0 aliphatic rings. The monoisotopic (exact) mass is 978 g/mol. The van der Waals surface area contributed by atoms with E-state index in [-0.39, 0.29) is 0 Å². The van der Waals surface area contributed by atoms with E-state index in [0.29, 0.717) is 126 Å². The predicted octanol–water partition coefficient (Wildman–Crippen LogP) is 10.9. The molecule has 0 amide bonds. The number of ether oxygens (including phenoxy) is 9. The van der Waals surface area contributed by atoms with Crippen molar-refractivity contribution in [2.75, 3.05) is 60.0 Å². The van der Waals surface area contributed by atoms with E-state index >= 15 is 0 Å². The Balaban J connectivity index is 1.06. The Morgan fingerprint density at radius 1 is 0.431 bits per heavy atom. The summed E-state index contributed by atoms with van der Waals surface area (Å²) in [4.78, 5) is 59.5. The number of carbonyl (C=O) groups excluding carboxylic acids is 4. The first-order valence-electron chi connectivity index (χ1n) is 24.0. The van der Waals surface area contributed by atoms with Crippen LogP contribution in [0.5, 0.6) is 28.7 Å². The maximum Gasteiger partial charge on any atom is 0.343 e. The quantitative estimate of drug-likeness (QED) is 0.0108. The van der Waals surface area contributed by atoms with Gasteiger partial charge in [-0.1, -0.05) is 13.2 Å². The van der Waals surface area contributed by atoms with Gasteiger partial charge in [0.1, 0.15) is 35.4 Å². The zero-order valence-electron chi connectivity index (χ0n) is 40.4. The fourth-order valence-electron chi connectivity index (χ4n) is 7.66. The number of unbranched alkanes of at least 4 members (excludes halogenated alkanes) is 6. The highest BCUT2D eigenvalue weighted by atomic mass is 16.6. The van der Waals surface area contributed by atoms with Crippen LogP contribution in [0.3, 0.4) is 0 Å². The largest absolute Gasteiger partial charge is 0.494 e. The Morgan fingerprint density at radius 3 is 1.35 bits per heavy atom. The third kappa shape index (κ3) is 14.8. The number of hydrogen-bond acceptors (Lipinski definition) is 15. The summed E-state index contributed by atoms with van der Waals surface area (Å²) in [5.74, 6) is 0.557. The lowest BCUT2D eigenvalue weighted by Gasteiger charge is -2.14. The second-order valence-corrected chi connectivity index (χ2v) is 16.5. The van der Waals surface area contributed by atoms with Gasteiger partial charge < -0.3 is 42.6 Å². The summed E-state index contributed by atoms with van der Waals surface area (Å²) in [5, 5.41) is 3.02. The van der Waals surface area contributed by atoms with Gasteiger partial charge in [-0.15, -0.1) is 0 Å². The normalized spacial score (nSPS) is 11.1. The van der Waals surface area contributed by atoms with Gasteiger partial charge in [0.15, 0.2) is 0 Å². The van der Waals surface area contributed by atoms with Crippen molar-refractivity contribution in [3.8, 4) is 28.7 Å². The van der Waals surface area contributed by atoms with E-state index in [1.54, 1.807) is 79.9 Å². The summed E-state index contributed by atoms with van der Waals surface area (Å²) in [5.41, 5.74) is 2.97. The van der Waals surface area contributed by atoms with Gasteiger partial charge in [-0.05, 0) is 159 Å². The highest BCUT2D eigenvalue weighted by Gasteiger charge is 2.18. The van der Waals surface area contributed by atoms with E-state index in [1.165, 1.54) is 0 Å². The number of methoxy groups -OCH3 is 1. The predicted molar refractivity (Wildman–Crippen MR) is 273 cm³/mol. The fraction of sp³-hybridized carbons (Fsp3) is 0.298. The summed E-state index contributed by atoms with van der Waals surface area (Å²) in [6.45, 7) is 10.2. The van der Waals surface area contributed by atoms with Crippen molar-refractivity contribution < 1.29 is 61.8 Å². The average molecular weight is 979 g/mol. The van der Waals surface area contributed by atoms with Crippen LogP contribution in [0, 0.1) is 0 Å². The molecular formula is C57H58N2O13. The molecule has 1 heterocycles. The SMILES string of the molecule is C=CC(=O)OCCCCCCOc1ccc(C(=O)Oc2ccc3c4ccc(OC(=O)c5ccc(OCCCCCCOC(=O)C=C)cc5)cc4c4nc5cc(OCCOCCOC)ccc5nc4c3c2)cc1. The Kier molecular flexibility index (Phi) is 19.4. The second kappa shape index (κ2) is 26.9. The molecule has 0 spiro atoms. The second-order valence-electron chi connectivity index (χ2n) is 16.5. The molecule has 0 bridgehead atoms. The molecule has 0 atom stereocenters. The minimum atomic E-state index is -0.546. The number of benzene rings is 6. The molecule has 0 saturated carbocycles. The number of aromatic nitrogens is 2. The van der Waals surface area contributed by atoms with Crippen molar-refractivity contribution in [2.24, 2.45) is 0 Å². The molecule has 0 aliphatic heterocycles. The molecule has 7 aromatic rings. The first kappa shape index (κ1) is 52.0. The van der Waals surface area contributed by atoms with Gasteiger partial charge in [0.2, 0.25) is 0 Å².